The maximum absolute atomic E-state index is 11.9. The molecule has 1 aliphatic heterocycles. The highest BCUT2D eigenvalue weighted by Gasteiger charge is 2.68. The lowest BCUT2D eigenvalue weighted by Crippen LogP contribution is -2.53. The second kappa shape index (κ2) is 4.34. The van der Waals surface area contributed by atoms with Crippen molar-refractivity contribution in [2.24, 2.45) is 11.3 Å². The first kappa shape index (κ1) is 14.6. The largest absolute Gasteiger partial charge is 0.479 e. The summed E-state index contributed by atoms with van der Waals surface area (Å²) in [6.45, 7) is 12.4. The van der Waals surface area contributed by atoms with E-state index >= 15 is 0 Å². The van der Waals surface area contributed by atoms with Gasteiger partial charge in [-0.25, -0.2) is 4.79 Å². The molecule has 1 saturated heterocycles. The summed E-state index contributed by atoms with van der Waals surface area (Å²) >= 11 is 0. The molecule has 1 heterocycles. The molecule has 2 bridgehead atoms. The molecule has 19 heavy (non-hydrogen) atoms. The number of ether oxygens (including phenoxy) is 1. The predicted molar refractivity (Wildman–Crippen MR) is 75.0 cm³/mol. The molecule has 1 aliphatic carbocycles. The van der Waals surface area contributed by atoms with Crippen molar-refractivity contribution in [3.05, 3.63) is 12.2 Å². The molecule has 0 aromatic heterocycles. The lowest BCUT2D eigenvalue weighted by atomic mass is 9.70. The van der Waals surface area contributed by atoms with Crippen LogP contribution in [0.5, 0.6) is 0 Å². The van der Waals surface area contributed by atoms with Gasteiger partial charge in [-0.05, 0) is 44.9 Å². The van der Waals surface area contributed by atoms with E-state index in [1.807, 2.05) is 0 Å². The molecule has 0 spiro atoms. The van der Waals surface area contributed by atoms with Crippen LogP contribution in [0.3, 0.4) is 0 Å². The summed E-state index contributed by atoms with van der Waals surface area (Å²) < 4.78 is 6.09. The lowest BCUT2D eigenvalue weighted by molar-refractivity contribution is -0.196. The number of carbonyl (C=O) groups is 1. The Kier molecular flexibility index (Phi) is 3.33. The first-order valence-corrected chi connectivity index (χ1v) is 7.25. The molecule has 1 saturated carbocycles. The van der Waals surface area contributed by atoms with Crippen LogP contribution in [0, 0.1) is 11.3 Å². The van der Waals surface area contributed by atoms with Crippen LogP contribution in [-0.2, 0) is 9.53 Å². The van der Waals surface area contributed by atoms with E-state index in [-0.39, 0.29) is 11.0 Å². The summed E-state index contributed by atoms with van der Waals surface area (Å²) in [4.78, 5) is 11.9. The van der Waals surface area contributed by atoms with Gasteiger partial charge in [0.25, 0.3) is 0 Å². The van der Waals surface area contributed by atoms with Crippen molar-refractivity contribution in [2.45, 2.75) is 71.0 Å². The Bertz CT molecular complexity index is 414. The number of rotatable bonds is 5. The Labute approximate surface area is 116 Å². The van der Waals surface area contributed by atoms with Gasteiger partial charge in [0.2, 0.25) is 0 Å². The molecule has 3 heteroatoms. The van der Waals surface area contributed by atoms with E-state index in [9.17, 15) is 9.90 Å². The van der Waals surface area contributed by atoms with Crippen LogP contribution in [0.4, 0.5) is 0 Å². The van der Waals surface area contributed by atoms with Crippen molar-refractivity contribution in [1.82, 2.24) is 0 Å². The molecule has 0 amide bonds. The van der Waals surface area contributed by atoms with Crippen LogP contribution in [0.25, 0.3) is 0 Å². The number of hydrogen-bond donors (Lipinski definition) is 1. The van der Waals surface area contributed by atoms with E-state index in [1.165, 1.54) is 0 Å². The van der Waals surface area contributed by atoms with Crippen LogP contribution in [-0.4, -0.2) is 22.3 Å². The Morgan fingerprint density at radius 1 is 1.37 bits per heavy atom. The van der Waals surface area contributed by atoms with Crippen molar-refractivity contribution in [3.8, 4) is 0 Å². The molecule has 0 aromatic rings. The third-order valence-electron chi connectivity index (χ3n) is 5.33. The average Bonchev–Trinajstić information content (AvgIpc) is 2.72. The third-order valence-corrected chi connectivity index (χ3v) is 5.33. The monoisotopic (exact) mass is 266 g/mol. The van der Waals surface area contributed by atoms with Crippen LogP contribution in [0.15, 0.2) is 12.2 Å². The zero-order valence-electron chi connectivity index (χ0n) is 12.6. The molecule has 2 fully saturated rings. The van der Waals surface area contributed by atoms with Crippen molar-refractivity contribution in [1.29, 1.82) is 0 Å². The summed E-state index contributed by atoms with van der Waals surface area (Å²) in [7, 11) is 0. The van der Waals surface area contributed by atoms with E-state index in [1.54, 1.807) is 0 Å². The minimum absolute atomic E-state index is 0.231. The first-order chi connectivity index (χ1) is 8.64. The predicted octanol–water partition coefficient (Wildman–Crippen LogP) is 3.78. The molecule has 1 N–H and O–H groups in total. The van der Waals surface area contributed by atoms with Gasteiger partial charge in [-0.15, -0.1) is 0 Å². The van der Waals surface area contributed by atoms with Gasteiger partial charge in [-0.3, -0.25) is 0 Å². The summed E-state index contributed by atoms with van der Waals surface area (Å²) in [6, 6.07) is 0. The zero-order valence-corrected chi connectivity index (χ0v) is 12.6. The van der Waals surface area contributed by atoms with Crippen molar-refractivity contribution >= 4 is 5.97 Å². The fourth-order valence-corrected chi connectivity index (χ4v) is 3.90. The van der Waals surface area contributed by atoms with E-state index in [2.05, 4.69) is 34.3 Å². The van der Waals surface area contributed by atoms with Crippen LogP contribution < -0.4 is 0 Å². The molecule has 3 nitrogen and oxygen atoms in total. The quantitative estimate of drug-likeness (QED) is 0.770. The normalized spacial score (nSPS) is 40.9. The maximum Gasteiger partial charge on any atom is 0.336 e. The highest BCUT2D eigenvalue weighted by Crippen LogP contribution is 2.63. The number of carboxylic acids is 1. The summed E-state index contributed by atoms with van der Waals surface area (Å²) in [5.74, 6) is -0.400. The second-order valence-electron chi connectivity index (χ2n) is 7.23. The highest BCUT2D eigenvalue weighted by molar-refractivity contribution is 5.79. The van der Waals surface area contributed by atoms with Crippen molar-refractivity contribution < 1.29 is 14.6 Å². The van der Waals surface area contributed by atoms with Gasteiger partial charge in [0.05, 0.1) is 5.60 Å². The van der Waals surface area contributed by atoms with Crippen LogP contribution in [0.2, 0.25) is 0 Å². The number of allylic oxidation sites excluding steroid dienone is 1. The number of aliphatic carboxylic acids is 1. The van der Waals surface area contributed by atoms with Crippen LogP contribution in [0.1, 0.15) is 59.8 Å². The van der Waals surface area contributed by atoms with Gasteiger partial charge in [0.1, 0.15) is 0 Å². The Balaban J connectivity index is 2.21. The van der Waals surface area contributed by atoms with Gasteiger partial charge in [-0.1, -0.05) is 32.9 Å². The number of carboxylic acid groups (broad SMARTS) is 1. The fourth-order valence-electron chi connectivity index (χ4n) is 3.90. The Morgan fingerprint density at radius 2 is 2.00 bits per heavy atom. The van der Waals surface area contributed by atoms with Gasteiger partial charge in [-0.2, -0.15) is 0 Å². The molecule has 108 valence electrons. The topological polar surface area (TPSA) is 46.5 Å². The number of hydrogen-bond acceptors (Lipinski definition) is 2. The molecule has 3 unspecified atom stereocenters. The maximum atomic E-state index is 11.9. The van der Waals surface area contributed by atoms with Crippen molar-refractivity contribution in [3.63, 3.8) is 0 Å². The van der Waals surface area contributed by atoms with E-state index in [4.69, 9.17) is 4.74 Å². The molecular weight excluding hydrogens is 240 g/mol. The minimum Gasteiger partial charge on any atom is -0.479 e. The molecule has 2 rings (SSSR count). The zero-order chi connectivity index (χ0) is 14.5. The van der Waals surface area contributed by atoms with Gasteiger partial charge < -0.3 is 9.84 Å². The third kappa shape index (κ3) is 2.12. The fraction of sp³-hybridized carbons (Fsp3) is 0.812. The van der Waals surface area contributed by atoms with E-state index in [0.717, 1.165) is 31.3 Å². The summed E-state index contributed by atoms with van der Waals surface area (Å²) in [5.41, 5.74) is -0.379. The first-order valence-electron chi connectivity index (χ1n) is 7.25. The van der Waals surface area contributed by atoms with Gasteiger partial charge >= 0.3 is 5.97 Å². The smallest absolute Gasteiger partial charge is 0.336 e. The van der Waals surface area contributed by atoms with Gasteiger partial charge in [0.15, 0.2) is 5.60 Å². The highest BCUT2D eigenvalue weighted by atomic mass is 16.6. The van der Waals surface area contributed by atoms with Crippen LogP contribution >= 0.6 is 0 Å². The standard InChI is InChI=1S/C16H26O3/c1-11(2)12(3)6-7-16(13(17)18)14(4)8-9-15(5,10-14)19-16/h11H,3,6-10H2,1-2,4-5H3,(H,17,18). The molecule has 3 atom stereocenters. The SMILES string of the molecule is C=C(CCC1(C(=O)O)OC2(C)CCC1(C)C2)C(C)C. The minimum atomic E-state index is -1.02. The molecule has 2 aliphatic rings. The second-order valence-corrected chi connectivity index (χ2v) is 7.23. The van der Waals surface area contributed by atoms with Gasteiger partial charge in [0, 0.05) is 5.41 Å². The number of fused-ring (bicyclic) bond motifs is 2. The van der Waals surface area contributed by atoms with E-state index < -0.39 is 11.6 Å². The molecule has 0 radical (unpaired) electrons. The summed E-state index contributed by atoms with van der Waals surface area (Å²) in [5, 5.41) is 9.76. The molecular formula is C16H26O3. The Hall–Kier alpha value is -0.830. The van der Waals surface area contributed by atoms with E-state index in [0.29, 0.717) is 12.3 Å². The Morgan fingerprint density at radius 3 is 2.37 bits per heavy atom. The average molecular weight is 266 g/mol. The molecule has 0 aromatic carbocycles. The van der Waals surface area contributed by atoms with Crippen molar-refractivity contribution in [2.75, 3.05) is 0 Å². The lowest BCUT2D eigenvalue weighted by Gasteiger charge is -2.42. The summed E-state index contributed by atoms with van der Waals surface area (Å²) in [6.07, 6.45) is 4.06.